The van der Waals surface area contributed by atoms with Crippen LogP contribution in [0.25, 0.3) is 0 Å². The molecule has 1 aromatic heterocycles. The SMILES string of the molecule is CCc1c(CCC(C)C)[nH]c(C=O)c1C(=O)O. The largest absolute Gasteiger partial charge is 0.478 e. The summed E-state index contributed by atoms with van der Waals surface area (Å²) in [7, 11) is 0. The van der Waals surface area contributed by atoms with E-state index in [2.05, 4.69) is 18.8 Å². The van der Waals surface area contributed by atoms with Crippen LogP contribution in [0.4, 0.5) is 0 Å². The normalized spacial score (nSPS) is 10.8. The van der Waals surface area contributed by atoms with Crippen LogP contribution in [0, 0.1) is 5.92 Å². The molecule has 0 fully saturated rings. The molecule has 1 rings (SSSR count). The summed E-state index contributed by atoms with van der Waals surface area (Å²) in [4.78, 5) is 24.9. The molecule has 2 N–H and O–H groups in total. The van der Waals surface area contributed by atoms with Gasteiger partial charge in [-0.3, -0.25) is 4.79 Å². The minimum atomic E-state index is -1.03. The quantitative estimate of drug-likeness (QED) is 0.747. The Labute approximate surface area is 101 Å². The zero-order valence-corrected chi connectivity index (χ0v) is 10.5. The van der Waals surface area contributed by atoms with E-state index in [0.717, 1.165) is 24.1 Å². The van der Waals surface area contributed by atoms with Gasteiger partial charge in [0.1, 0.15) is 0 Å². The molecule has 0 atom stereocenters. The van der Waals surface area contributed by atoms with E-state index in [1.807, 2.05) is 6.92 Å². The van der Waals surface area contributed by atoms with Gasteiger partial charge in [0.15, 0.2) is 6.29 Å². The molecule has 94 valence electrons. The Balaban J connectivity index is 3.13. The highest BCUT2D eigenvalue weighted by atomic mass is 16.4. The maximum absolute atomic E-state index is 11.1. The van der Waals surface area contributed by atoms with Crippen molar-refractivity contribution in [3.05, 3.63) is 22.5 Å². The molecule has 0 spiro atoms. The predicted octanol–water partition coefficient (Wildman–Crippen LogP) is 2.68. The second-order valence-corrected chi connectivity index (χ2v) is 4.58. The highest BCUT2D eigenvalue weighted by Gasteiger charge is 2.20. The van der Waals surface area contributed by atoms with E-state index < -0.39 is 5.97 Å². The van der Waals surface area contributed by atoms with E-state index in [0.29, 0.717) is 18.6 Å². The number of hydrogen-bond acceptors (Lipinski definition) is 2. The molecular weight excluding hydrogens is 218 g/mol. The Hall–Kier alpha value is -1.58. The fourth-order valence-electron chi connectivity index (χ4n) is 1.98. The van der Waals surface area contributed by atoms with Crippen molar-refractivity contribution in [2.24, 2.45) is 5.92 Å². The fourth-order valence-corrected chi connectivity index (χ4v) is 1.98. The van der Waals surface area contributed by atoms with Crippen molar-refractivity contribution in [1.29, 1.82) is 0 Å². The Morgan fingerprint density at radius 1 is 1.47 bits per heavy atom. The third-order valence-electron chi connectivity index (χ3n) is 2.88. The van der Waals surface area contributed by atoms with Crippen LogP contribution < -0.4 is 0 Å². The number of hydrogen-bond donors (Lipinski definition) is 2. The average Bonchev–Trinajstić information content (AvgIpc) is 2.63. The van der Waals surface area contributed by atoms with Gasteiger partial charge in [-0.1, -0.05) is 20.8 Å². The summed E-state index contributed by atoms with van der Waals surface area (Å²) in [6.45, 7) is 6.14. The Kier molecular flexibility index (Phi) is 4.49. The van der Waals surface area contributed by atoms with Gasteiger partial charge in [0, 0.05) is 5.69 Å². The van der Waals surface area contributed by atoms with Gasteiger partial charge in [-0.15, -0.1) is 0 Å². The highest BCUT2D eigenvalue weighted by Crippen LogP contribution is 2.21. The van der Waals surface area contributed by atoms with Gasteiger partial charge in [-0.2, -0.15) is 0 Å². The predicted molar refractivity (Wildman–Crippen MR) is 65.7 cm³/mol. The third kappa shape index (κ3) is 2.96. The number of carboxylic acid groups (broad SMARTS) is 1. The van der Waals surface area contributed by atoms with Crippen molar-refractivity contribution in [2.75, 3.05) is 0 Å². The summed E-state index contributed by atoms with van der Waals surface area (Å²) in [5.41, 5.74) is 1.98. The average molecular weight is 237 g/mol. The van der Waals surface area contributed by atoms with Crippen molar-refractivity contribution >= 4 is 12.3 Å². The van der Waals surface area contributed by atoms with Crippen LogP contribution in [0.5, 0.6) is 0 Å². The summed E-state index contributed by atoms with van der Waals surface area (Å²) < 4.78 is 0. The molecule has 0 bridgehead atoms. The van der Waals surface area contributed by atoms with Crippen LogP contribution >= 0.6 is 0 Å². The van der Waals surface area contributed by atoms with E-state index in [4.69, 9.17) is 5.11 Å². The Morgan fingerprint density at radius 2 is 2.12 bits per heavy atom. The lowest BCUT2D eigenvalue weighted by Gasteiger charge is -2.05. The molecule has 0 amide bonds. The number of aromatic carboxylic acids is 1. The first-order valence-corrected chi connectivity index (χ1v) is 5.93. The van der Waals surface area contributed by atoms with E-state index >= 15 is 0 Å². The maximum Gasteiger partial charge on any atom is 0.338 e. The van der Waals surface area contributed by atoms with Gasteiger partial charge in [-0.05, 0) is 30.7 Å². The lowest BCUT2D eigenvalue weighted by Crippen LogP contribution is -2.03. The number of H-pyrrole nitrogens is 1. The molecule has 0 aromatic carbocycles. The second kappa shape index (κ2) is 5.66. The van der Waals surface area contributed by atoms with Crippen LogP contribution in [0.3, 0.4) is 0 Å². The van der Waals surface area contributed by atoms with E-state index in [1.54, 1.807) is 0 Å². The van der Waals surface area contributed by atoms with Crippen molar-refractivity contribution in [3.8, 4) is 0 Å². The van der Waals surface area contributed by atoms with E-state index in [-0.39, 0.29) is 11.3 Å². The minimum absolute atomic E-state index is 0.140. The van der Waals surface area contributed by atoms with Crippen LogP contribution in [0.15, 0.2) is 0 Å². The molecule has 1 aromatic rings. The molecule has 17 heavy (non-hydrogen) atoms. The first-order chi connectivity index (χ1) is 8.01. The topological polar surface area (TPSA) is 70.2 Å². The van der Waals surface area contributed by atoms with Gasteiger partial charge in [0.2, 0.25) is 0 Å². The summed E-state index contributed by atoms with van der Waals surface area (Å²) in [6, 6.07) is 0. The van der Waals surface area contributed by atoms with E-state index in [1.165, 1.54) is 0 Å². The molecule has 0 aliphatic rings. The van der Waals surface area contributed by atoms with Crippen LogP contribution in [-0.2, 0) is 12.8 Å². The van der Waals surface area contributed by atoms with Crippen LogP contribution in [-0.4, -0.2) is 22.3 Å². The lowest BCUT2D eigenvalue weighted by atomic mass is 10.0. The molecule has 0 unspecified atom stereocenters. The Morgan fingerprint density at radius 3 is 2.53 bits per heavy atom. The molecule has 0 radical (unpaired) electrons. The fraction of sp³-hybridized carbons (Fsp3) is 0.538. The van der Waals surface area contributed by atoms with Gasteiger partial charge >= 0.3 is 5.97 Å². The summed E-state index contributed by atoms with van der Waals surface area (Å²) in [6.07, 6.45) is 2.97. The van der Waals surface area contributed by atoms with Crippen molar-refractivity contribution in [1.82, 2.24) is 4.98 Å². The number of aryl methyl sites for hydroxylation is 1. The monoisotopic (exact) mass is 237 g/mol. The number of aldehydes is 1. The van der Waals surface area contributed by atoms with Crippen LogP contribution in [0.1, 0.15) is 59.3 Å². The Bertz CT molecular complexity index is 419. The first kappa shape index (κ1) is 13.5. The summed E-state index contributed by atoms with van der Waals surface area (Å²) in [5, 5.41) is 9.12. The van der Waals surface area contributed by atoms with Gasteiger partial charge in [-0.25, -0.2) is 4.79 Å². The van der Waals surface area contributed by atoms with Crippen LogP contribution in [0.2, 0.25) is 0 Å². The highest BCUT2D eigenvalue weighted by molar-refractivity contribution is 5.98. The zero-order chi connectivity index (χ0) is 13.0. The number of aromatic nitrogens is 1. The summed E-state index contributed by atoms with van der Waals surface area (Å²) in [5.74, 6) is -0.480. The molecule has 1 heterocycles. The molecule has 0 saturated carbocycles. The van der Waals surface area contributed by atoms with Crippen molar-refractivity contribution in [3.63, 3.8) is 0 Å². The smallest absolute Gasteiger partial charge is 0.338 e. The molecule has 0 saturated heterocycles. The molecule has 0 aliphatic carbocycles. The van der Waals surface area contributed by atoms with Gasteiger partial charge in [0.25, 0.3) is 0 Å². The number of nitrogens with one attached hydrogen (secondary N) is 1. The summed E-state index contributed by atoms with van der Waals surface area (Å²) >= 11 is 0. The standard InChI is InChI=1S/C13H19NO3/c1-4-9-10(6-5-8(2)3)14-11(7-15)12(9)13(16)17/h7-8,14H,4-6H2,1-3H3,(H,16,17). The molecule has 4 nitrogen and oxygen atoms in total. The number of aromatic amines is 1. The maximum atomic E-state index is 11.1. The zero-order valence-electron chi connectivity index (χ0n) is 10.5. The molecular formula is C13H19NO3. The van der Waals surface area contributed by atoms with E-state index in [9.17, 15) is 9.59 Å². The third-order valence-corrected chi connectivity index (χ3v) is 2.88. The minimum Gasteiger partial charge on any atom is -0.478 e. The number of carbonyl (C=O) groups is 2. The van der Waals surface area contributed by atoms with Crippen molar-refractivity contribution in [2.45, 2.75) is 40.0 Å². The lowest BCUT2D eigenvalue weighted by molar-refractivity contribution is 0.0693. The molecule has 0 aliphatic heterocycles. The molecule has 4 heteroatoms. The van der Waals surface area contributed by atoms with Gasteiger partial charge in [0.05, 0.1) is 11.3 Å². The number of carbonyl (C=O) groups excluding carboxylic acids is 1. The first-order valence-electron chi connectivity index (χ1n) is 5.93. The number of rotatable bonds is 6. The van der Waals surface area contributed by atoms with Crippen molar-refractivity contribution < 1.29 is 14.7 Å². The number of carboxylic acids is 1. The van der Waals surface area contributed by atoms with Gasteiger partial charge < -0.3 is 10.1 Å². The second-order valence-electron chi connectivity index (χ2n) is 4.58.